The fraction of sp³-hybridized carbons (Fsp3) is 0.429. The highest BCUT2D eigenvalue weighted by Crippen LogP contribution is 2.48. The van der Waals surface area contributed by atoms with Crippen molar-refractivity contribution in [3.05, 3.63) is 70.8 Å². The van der Waals surface area contributed by atoms with E-state index in [9.17, 15) is 35.9 Å². The topological polar surface area (TPSA) is 67.4 Å². The van der Waals surface area contributed by atoms with Crippen molar-refractivity contribution in [2.45, 2.75) is 69.4 Å². The summed E-state index contributed by atoms with van der Waals surface area (Å²) in [6.07, 6.45) is -8.98. The number of hydrogen-bond acceptors (Lipinski definition) is 3. The zero-order valence-corrected chi connectivity index (χ0v) is 21.1. The third-order valence-electron chi connectivity index (χ3n) is 7.07. The molecule has 1 heterocycles. The van der Waals surface area contributed by atoms with Crippen molar-refractivity contribution < 1.29 is 40.7 Å². The third-order valence-corrected chi connectivity index (χ3v) is 7.07. The lowest BCUT2D eigenvalue weighted by Gasteiger charge is -2.41. The Morgan fingerprint density at radius 3 is 2.21 bits per heavy atom. The van der Waals surface area contributed by atoms with Gasteiger partial charge in [-0.1, -0.05) is 42.0 Å². The number of rotatable bonds is 8. The predicted molar refractivity (Wildman–Crippen MR) is 132 cm³/mol. The highest BCUT2D eigenvalue weighted by atomic mass is 19.4. The number of halogens is 6. The molecular weight excluding hydrogens is 526 g/mol. The van der Waals surface area contributed by atoms with Crippen LogP contribution in [0.3, 0.4) is 0 Å². The molecule has 2 amide bonds. The highest BCUT2D eigenvalue weighted by Gasteiger charge is 2.60. The fourth-order valence-electron chi connectivity index (χ4n) is 4.65. The summed E-state index contributed by atoms with van der Waals surface area (Å²) in [5.74, 6) is -1.76. The zero-order chi connectivity index (χ0) is 28.4. The zero-order valence-electron chi connectivity index (χ0n) is 21.1. The molecule has 2 aromatic rings. The third kappa shape index (κ3) is 6.39. The van der Waals surface area contributed by atoms with Gasteiger partial charge in [0.05, 0.1) is 6.61 Å². The van der Waals surface area contributed by atoms with Crippen molar-refractivity contribution in [2.75, 3.05) is 6.61 Å². The second-order valence-corrected chi connectivity index (χ2v) is 9.95. The molecule has 1 fully saturated rings. The van der Waals surface area contributed by atoms with E-state index < -0.39 is 42.5 Å². The van der Waals surface area contributed by atoms with E-state index in [1.54, 1.807) is 24.3 Å². The number of alkyl halides is 6. The van der Waals surface area contributed by atoms with E-state index in [1.165, 1.54) is 12.1 Å². The molecule has 4 rings (SSSR count). The summed E-state index contributed by atoms with van der Waals surface area (Å²) in [4.78, 5) is 26.4. The van der Waals surface area contributed by atoms with Crippen LogP contribution in [0.2, 0.25) is 0 Å². The van der Waals surface area contributed by atoms with Gasteiger partial charge in [0.2, 0.25) is 0 Å². The molecule has 1 saturated carbocycles. The number of hydrogen-bond donors (Lipinski definition) is 2. The lowest BCUT2D eigenvalue weighted by Crippen LogP contribution is -2.60. The molecule has 1 aliphatic carbocycles. The first-order chi connectivity index (χ1) is 18.3. The minimum absolute atomic E-state index is 0.0274. The largest absolute Gasteiger partial charge is 0.494 e. The number of benzene rings is 2. The quantitative estimate of drug-likeness (QED) is 0.235. The van der Waals surface area contributed by atoms with E-state index in [-0.39, 0.29) is 41.5 Å². The summed E-state index contributed by atoms with van der Waals surface area (Å²) in [5.41, 5.74) is -2.34. The summed E-state index contributed by atoms with van der Waals surface area (Å²) in [5, 5.41) is 4.83. The Labute approximate surface area is 221 Å². The van der Waals surface area contributed by atoms with Gasteiger partial charge < -0.3 is 15.4 Å². The molecule has 0 aromatic heterocycles. The van der Waals surface area contributed by atoms with Crippen LogP contribution in [-0.4, -0.2) is 36.8 Å². The summed E-state index contributed by atoms with van der Waals surface area (Å²) in [7, 11) is 0. The molecule has 1 aliphatic heterocycles. The first-order valence-electron chi connectivity index (χ1n) is 12.6. The van der Waals surface area contributed by atoms with Gasteiger partial charge in [-0.3, -0.25) is 9.59 Å². The molecule has 0 unspecified atom stereocenters. The predicted octanol–water partition coefficient (Wildman–Crippen LogP) is 6.12. The minimum atomic E-state index is -4.95. The molecule has 2 aromatic carbocycles. The number of nitrogens with one attached hydrogen (secondary N) is 2. The molecule has 0 bridgehead atoms. The van der Waals surface area contributed by atoms with Gasteiger partial charge in [-0.25, -0.2) is 0 Å². The van der Waals surface area contributed by atoms with Gasteiger partial charge in [0.25, 0.3) is 11.8 Å². The van der Waals surface area contributed by atoms with Gasteiger partial charge in [-0.05, 0) is 61.4 Å². The van der Waals surface area contributed by atoms with Gasteiger partial charge >= 0.3 is 12.4 Å². The molecule has 0 saturated heterocycles. The average Bonchev–Trinajstić information content (AvgIpc) is 2.83. The number of aryl methyl sites for hydroxylation is 1. The summed E-state index contributed by atoms with van der Waals surface area (Å²) < 4.78 is 86.6. The van der Waals surface area contributed by atoms with E-state index in [0.29, 0.717) is 5.56 Å². The van der Waals surface area contributed by atoms with Crippen LogP contribution in [0.25, 0.3) is 5.57 Å². The Morgan fingerprint density at radius 2 is 1.67 bits per heavy atom. The Kier molecular flexibility index (Phi) is 7.99. The second kappa shape index (κ2) is 10.9. The van der Waals surface area contributed by atoms with Crippen molar-refractivity contribution in [3.63, 3.8) is 0 Å². The summed E-state index contributed by atoms with van der Waals surface area (Å²) in [6, 6.07) is 11.1. The number of ether oxygens (including phenoxy) is 1. The van der Waals surface area contributed by atoms with E-state index >= 15 is 0 Å². The maximum Gasteiger partial charge on any atom is 0.416 e. The molecule has 2 N–H and O–H groups in total. The lowest BCUT2D eigenvalue weighted by molar-refractivity contribution is -0.202. The van der Waals surface area contributed by atoms with Gasteiger partial charge in [0.1, 0.15) is 11.3 Å². The molecule has 2 aliphatic rings. The van der Waals surface area contributed by atoms with Crippen LogP contribution in [0.1, 0.15) is 55.2 Å². The standard InChI is InChI=1S/C28H28F6N2O3/c1-17-6-8-18(9-7-17)22-16-26(28(32,33)34,36-25(38)23(22)24(37)35-20-4-2-5-20)19-10-12-21(13-11-19)39-15-3-14-27(29,30)31/h6-13,20H,2-5,14-16H2,1H3,(H,35,37)(H,36,38)/t26-/m0/s1. The maximum absolute atomic E-state index is 14.8. The Balaban J connectivity index is 1.68. The highest BCUT2D eigenvalue weighted by molar-refractivity contribution is 6.25. The van der Waals surface area contributed by atoms with Crippen LogP contribution in [0.15, 0.2) is 54.1 Å². The molecule has 1 atom stereocenters. The van der Waals surface area contributed by atoms with E-state index in [0.717, 1.165) is 37.0 Å². The molecule has 5 nitrogen and oxygen atoms in total. The van der Waals surface area contributed by atoms with Crippen LogP contribution in [-0.2, 0) is 15.1 Å². The maximum atomic E-state index is 14.8. The van der Waals surface area contributed by atoms with Crippen molar-refractivity contribution in [1.29, 1.82) is 0 Å². The number of carbonyl (C=O) groups is 2. The van der Waals surface area contributed by atoms with Crippen LogP contribution < -0.4 is 15.4 Å². The van der Waals surface area contributed by atoms with Crippen molar-refractivity contribution in [1.82, 2.24) is 10.6 Å². The van der Waals surface area contributed by atoms with Crippen LogP contribution in [0.4, 0.5) is 26.3 Å². The SMILES string of the molecule is Cc1ccc(C2=C(C(=O)NC3CCC3)C(=O)N[C@@](c3ccc(OCCCC(F)(F)F)cc3)(C(F)(F)F)C2)cc1. The molecule has 210 valence electrons. The average molecular weight is 555 g/mol. The molecular formula is C28H28F6N2O3. The monoisotopic (exact) mass is 554 g/mol. The number of carbonyl (C=O) groups excluding carboxylic acids is 2. The van der Waals surface area contributed by atoms with Crippen molar-refractivity contribution >= 4 is 17.4 Å². The lowest BCUT2D eigenvalue weighted by atomic mass is 9.76. The van der Waals surface area contributed by atoms with Crippen LogP contribution >= 0.6 is 0 Å². The number of amides is 2. The van der Waals surface area contributed by atoms with Gasteiger partial charge in [-0.2, -0.15) is 26.3 Å². The molecule has 11 heteroatoms. The van der Waals surface area contributed by atoms with E-state index in [2.05, 4.69) is 10.6 Å². The molecule has 39 heavy (non-hydrogen) atoms. The first-order valence-corrected chi connectivity index (χ1v) is 12.6. The van der Waals surface area contributed by atoms with E-state index in [4.69, 9.17) is 4.74 Å². The Morgan fingerprint density at radius 1 is 1.03 bits per heavy atom. The summed E-state index contributed by atoms with van der Waals surface area (Å²) >= 11 is 0. The van der Waals surface area contributed by atoms with Gasteiger partial charge in [-0.15, -0.1) is 0 Å². The molecule has 0 radical (unpaired) electrons. The fourth-order valence-corrected chi connectivity index (χ4v) is 4.65. The normalized spacial score (nSPS) is 20.3. The Bertz CT molecular complexity index is 1230. The van der Waals surface area contributed by atoms with Gasteiger partial charge in [0.15, 0.2) is 5.54 Å². The minimum Gasteiger partial charge on any atom is -0.494 e. The summed E-state index contributed by atoms with van der Waals surface area (Å²) in [6.45, 7) is 1.54. The van der Waals surface area contributed by atoms with Gasteiger partial charge in [0, 0.05) is 18.9 Å². The Hall–Kier alpha value is -3.50. The second-order valence-electron chi connectivity index (χ2n) is 9.95. The van der Waals surface area contributed by atoms with Crippen molar-refractivity contribution in [2.24, 2.45) is 0 Å². The van der Waals surface area contributed by atoms with E-state index in [1.807, 2.05) is 6.92 Å². The van der Waals surface area contributed by atoms with Crippen molar-refractivity contribution in [3.8, 4) is 5.75 Å². The molecule has 0 spiro atoms. The van der Waals surface area contributed by atoms with Crippen LogP contribution in [0.5, 0.6) is 5.75 Å². The van der Waals surface area contributed by atoms with Crippen LogP contribution in [0, 0.1) is 6.92 Å². The smallest absolute Gasteiger partial charge is 0.416 e. The first kappa shape index (κ1) is 28.5.